The van der Waals surface area contributed by atoms with Crippen molar-refractivity contribution in [3.63, 3.8) is 0 Å². The molecule has 5 rings (SSSR count). The lowest BCUT2D eigenvalue weighted by molar-refractivity contribution is -0.495. The van der Waals surface area contributed by atoms with Crippen molar-refractivity contribution in [3.05, 3.63) is 77.1 Å². The number of carbonyl (C=O) groups excluding carboxylic acids is 1. The smallest absolute Gasteiger partial charge is 0.232 e. The molecule has 1 unspecified atom stereocenters. The molecule has 184 valence electrons. The van der Waals surface area contributed by atoms with Gasteiger partial charge in [0.1, 0.15) is 23.1 Å². The molecule has 3 aromatic rings. The quantitative estimate of drug-likeness (QED) is 0.372. The number of nitrogens with one attached hydrogen (secondary N) is 2. The molecule has 2 aliphatic rings. The van der Waals surface area contributed by atoms with Gasteiger partial charge in [0.2, 0.25) is 15.8 Å². The van der Waals surface area contributed by atoms with Crippen LogP contribution in [0.15, 0.2) is 53.9 Å². The molecule has 36 heavy (non-hydrogen) atoms. The number of hydrazone groups is 1. The zero-order chi connectivity index (χ0) is 25.6. The molecule has 8 nitrogen and oxygen atoms in total. The number of fused-ring (bicyclic) bond motifs is 2. The van der Waals surface area contributed by atoms with Gasteiger partial charge in [-0.2, -0.15) is 0 Å². The molecule has 0 spiro atoms. The minimum absolute atomic E-state index is 0.0143. The van der Waals surface area contributed by atoms with E-state index in [1.54, 1.807) is 23.9 Å². The van der Waals surface area contributed by atoms with Crippen LogP contribution in [0.2, 0.25) is 0 Å². The van der Waals surface area contributed by atoms with Crippen LogP contribution in [0.3, 0.4) is 0 Å². The van der Waals surface area contributed by atoms with E-state index in [1.807, 2.05) is 31.5 Å². The first-order valence-corrected chi connectivity index (χ1v) is 12.9. The number of hydrogen-bond acceptors (Lipinski definition) is 5. The van der Waals surface area contributed by atoms with Crippen LogP contribution >= 0.6 is 0 Å². The largest absolute Gasteiger partial charge is 0.345 e. The highest BCUT2D eigenvalue weighted by Gasteiger charge is 2.28. The fraction of sp³-hybridized carbons (Fsp3) is 0.200. The first-order valence-electron chi connectivity index (χ1n) is 11.2. The first-order chi connectivity index (χ1) is 17.2. The van der Waals surface area contributed by atoms with Crippen LogP contribution in [-0.4, -0.2) is 53.6 Å². The molecule has 1 aliphatic heterocycles. The monoisotopic (exact) mass is 510 g/mol. The van der Waals surface area contributed by atoms with Gasteiger partial charge in [0.25, 0.3) is 0 Å². The molecule has 1 aliphatic carbocycles. The molecule has 0 bridgehead atoms. The molecule has 0 saturated carbocycles. The number of carbonyl (C=O) groups is 1. The minimum Gasteiger partial charge on any atom is -0.345 e. The second kappa shape index (κ2) is 8.90. The van der Waals surface area contributed by atoms with Gasteiger partial charge in [0, 0.05) is 28.9 Å². The Morgan fingerprint density at radius 3 is 2.83 bits per heavy atom. The lowest BCUT2D eigenvalue weighted by Crippen LogP contribution is -2.18. The molecule has 1 atom stereocenters. The summed E-state index contributed by atoms with van der Waals surface area (Å²) in [5.41, 5.74) is 1.55. The molecular weight excluding hydrogens is 488 g/mol. The van der Waals surface area contributed by atoms with E-state index in [1.165, 1.54) is 6.20 Å². The normalized spacial score (nSPS) is 17.0. The first kappa shape index (κ1) is 23.7. The zero-order valence-electron chi connectivity index (χ0n) is 19.4. The molecular formula is C25H22F2N5O3S+. The molecule has 0 radical (unpaired) electrons. The molecule has 1 aromatic carbocycles. The van der Waals surface area contributed by atoms with E-state index in [-0.39, 0.29) is 17.2 Å². The van der Waals surface area contributed by atoms with E-state index in [2.05, 4.69) is 19.8 Å². The summed E-state index contributed by atoms with van der Waals surface area (Å²) in [6.45, 7) is 1.66. The van der Waals surface area contributed by atoms with Gasteiger partial charge >= 0.3 is 0 Å². The number of benzene rings is 1. The fourth-order valence-electron chi connectivity index (χ4n) is 4.29. The topological polar surface area (TPSA) is 107 Å². The summed E-state index contributed by atoms with van der Waals surface area (Å²) in [5.74, 6) is -3.53. The summed E-state index contributed by atoms with van der Waals surface area (Å²) in [5, 5.41) is 4.77. The van der Waals surface area contributed by atoms with E-state index < -0.39 is 38.7 Å². The number of sulfonamides is 1. The van der Waals surface area contributed by atoms with Gasteiger partial charge in [-0.3, -0.25) is 9.52 Å². The molecule has 0 amide bonds. The zero-order valence-corrected chi connectivity index (χ0v) is 20.2. The summed E-state index contributed by atoms with van der Waals surface area (Å²) >= 11 is 0. The van der Waals surface area contributed by atoms with Crippen LogP contribution in [0.5, 0.6) is 0 Å². The van der Waals surface area contributed by atoms with Gasteiger partial charge in [0.05, 0.1) is 17.0 Å². The summed E-state index contributed by atoms with van der Waals surface area (Å²) in [7, 11) is -2.00. The Kier molecular flexibility index (Phi) is 5.87. The highest BCUT2D eigenvalue weighted by atomic mass is 32.2. The van der Waals surface area contributed by atoms with Crippen LogP contribution in [0.25, 0.3) is 16.6 Å². The lowest BCUT2D eigenvalue weighted by Gasteiger charge is -2.12. The second-order valence-electron chi connectivity index (χ2n) is 8.59. The highest BCUT2D eigenvalue weighted by Crippen LogP contribution is 2.30. The van der Waals surface area contributed by atoms with Crippen molar-refractivity contribution >= 4 is 50.0 Å². The number of pyridine rings is 1. The maximum absolute atomic E-state index is 15.2. The number of anilines is 1. The van der Waals surface area contributed by atoms with Crippen molar-refractivity contribution in [2.75, 3.05) is 17.5 Å². The maximum atomic E-state index is 15.2. The van der Waals surface area contributed by atoms with Gasteiger partial charge in [-0.25, -0.2) is 22.2 Å². The second-order valence-corrected chi connectivity index (χ2v) is 10.4. The van der Waals surface area contributed by atoms with Crippen molar-refractivity contribution in [2.45, 2.75) is 13.3 Å². The van der Waals surface area contributed by atoms with Crippen LogP contribution in [-0.2, 0) is 10.0 Å². The summed E-state index contributed by atoms with van der Waals surface area (Å²) in [6, 6.07) is 3.55. The maximum Gasteiger partial charge on any atom is 0.232 e. The third-order valence-electron chi connectivity index (χ3n) is 5.95. The fourth-order valence-corrected chi connectivity index (χ4v) is 5.42. The number of aromatic nitrogens is 2. The van der Waals surface area contributed by atoms with Crippen LogP contribution in [0.1, 0.15) is 34.8 Å². The number of H-pyrrole nitrogens is 1. The van der Waals surface area contributed by atoms with Gasteiger partial charge in [-0.05, 0) is 41.4 Å². The summed E-state index contributed by atoms with van der Waals surface area (Å²) in [6.07, 6.45) is 11.1. The predicted molar refractivity (Wildman–Crippen MR) is 134 cm³/mol. The molecule has 0 fully saturated rings. The highest BCUT2D eigenvalue weighted by molar-refractivity contribution is 7.92. The van der Waals surface area contributed by atoms with E-state index >= 15 is 4.39 Å². The Labute approximate surface area is 205 Å². The average molecular weight is 511 g/mol. The Balaban J connectivity index is 1.53. The number of ketones is 1. The third kappa shape index (κ3) is 4.26. The minimum atomic E-state index is -3.85. The van der Waals surface area contributed by atoms with Crippen molar-refractivity contribution in [1.82, 2.24) is 9.97 Å². The standard InChI is InChI=1S/C25H21F2N5O3S/c1-3-8-36(34,35)31-21-7-5-19(26)22(23(21)27)24(33)18-12-29-25-17(18)10-15(11-28-25)14-4-6-20-16(9-14)13-32(2)30-20/h4-7,9-13,16,31H,3,8H2,1-2H3/p+1. The predicted octanol–water partition coefficient (Wildman–Crippen LogP) is 3.88. The number of nitrogens with zero attached hydrogens (tertiary/aromatic N) is 3. The van der Waals surface area contributed by atoms with Gasteiger partial charge in [-0.1, -0.05) is 23.8 Å². The number of hydrogen-bond donors (Lipinski definition) is 2. The van der Waals surface area contributed by atoms with Crippen molar-refractivity contribution in [1.29, 1.82) is 0 Å². The average Bonchev–Trinajstić information content (AvgIpc) is 3.42. The number of aromatic amines is 1. The Hall–Kier alpha value is -3.99. The van der Waals surface area contributed by atoms with Crippen molar-refractivity contribution in [3.8, 4) is 0 Å². The Morgan fingerprint density at radius 2 is 2.06 bits per heavy atom. The van der Waals surface area contributed by atoms with E-state index in [4.69, 9.17) is 0 Å². The lowest BCUT2D eigenvalue weighted by atomic mass is 9.92. The Morgan fingerprint density at radius 1 is 1.25 bits per heavy atom. The number of rotatable bonds is 7. The van der Waals surface area contributed by atoms with Crippen LogP contribution in [0, 0.1) is 17.6 Å². The van der Waals surface area contributed by atoms with E-state index in [0.29, 0.717) is 17.5 Å². The SMILES string of the molecule is CCCS(=O)(=O)Nc1ccc(F)c(C(=O)c2c[nH]c3ncc(C4=CC5C=[N+](C)N=C5C=C4)cc23)c1F. The van der Waals surface area contributed by atoms with Gasteiger partial charge < -0.3 is 4.98 Å². The van der Waals surface area contributed by atoms with Crippen LogP contribution < -0.4 is 4.72 Å². The summed E-state index contributed by atoms with van der Waals surface area (Å²) in [4.78, 5) is 20.6. The van der Waals surface area contributed by atoms with Gasteiger partial charge in [0.15, 0.2) is 19.1 Å². The number of allylic oxidation sites excluding steroid dienone is 4. The molecule has 0 saturated heterocycles. The molecule has 2 aromatic heterocycles. The summed E-state index contributed by atoms with van der Waals surface area (Å²) < 4.78 is 57.9. The molecule has 11 heteroatoms. The molecule has 3 heterocycles. The molecule has 2 N–H and O–H groups in total. The van der Waals surface area contributed by atoms with E-state index in [0.717, 1.165) is 29.0 Å². The third-order valence-corrected chi connectivity index (χ3v) is 7.43. The number of halogens is 2. The van der Waals surface area contributed by atoms with Crippen LogP contribution in [0.4, 0.5) is 14.5 Å². The van der Waals surface area contributed by atoms with Crippen molar-refractivity contribution in [2.24, 2.45) is 11.0 Å². The Bertz CT molecular complexity index is 1650. The van der Waals surface area contributed by atoms with Gasteiger partial charge in [-0.15, -0.1) is 0 Å². The van der Waals surface area contributed by atoms with E-state index in [9.17, 15) is 17.6 Å². The van der Waals surface area contributed by atoms with Crippen molar-refractivity contribution < 1.29 is 26.7 Å².